The van der Waals surface area contributed by atoms with Crippen molar-refractivity contribution in [3.63, 3.8) is 0 Å². The normalized spacial score (nSPS) is 11.5. The van der Waals surface area contributed by atoms with Crippen LogP contribution in [0.2, 0.25) is 0 Å². The predicted molar refractivity (Wildman–Crippen MR) is 120 cm³/mol. The van der Waals surface area contributed by atoms with Gasteiger partial charge in [-0.1, -0.05) is 56.3 Å². The molecule has 1 atom stereocenters. The lowest BCUT2D eigenvalue weighted by Gasteiger charge is -2.10. The number of amides is 1. The third kappa shape index (κ3) is 6.15. The Morgan fingerprint density at radius 2 is 1.83 bits per heavy atom. The number of ether oxygens (including phenoxy) is 1. The fourth-order valence-electron chi connectivity index (χ4n) is 2.76. The molecule has 0 aliphatic heterocycles. The summed E-state index contributed by atoms with van der Waals surface area (Å²) in [4.78, 5) is 28.4. The van der Waals surface area contributed by atoms with Crippen molar-refractivity contribution in [2.75, 3.05) is 17.2 Å². The third-order valence-corrected chi connectivity index (χ3v) is 5.51. The number of rotatable bonds is 9. The Morgan fingerprint density at radius 3 is 2.53 bits per heavy atom. The summed E-state index contributed by atoms with van der Waals surface area (Å²) in [5.74, 6) is -0.542. The second kappa shape index (κ2) is 10.5. The van der Waals surface area contributed by atoms with Crippen LogP contribution in [0.4, 0.5) is 10.8 Å². The lowest BCUT2D eigenvalue weighted by atomic mass is 9.99. The van der Waals surface area contributed by atoms with Gasteiger partial charge in [0.05, 0.1) is 0 Å². The van der Waals surface area contributed by atoms with Gasteiger partial charge >= 0.3 is 5.97 Å². The number of nitrogens with one attached hydrogen (secondary N) is 2. The summed E-state index contributed by atoms with van der Waals surface area (Å²) in [6.45, 7) is 4.55. The Bertz CT molecular complexity index is 971. The van der Waals surface area contributed by atoms with Crippen LogP contribution in [0, 0.1) is 0 Å². The minimum atomic E-state index is -0.624. The van der Waals surface area contributed by atoms with E-state index in [0.717, 1.165) is 12.0 Å². The molecule has 7 heteroatoms. The Labute approximate surface area is 180 Å². The Hall–Kier alpha value is -3.19. The van der Waals surface area contributed by atoms with Gasteiger partial charge in [-0.05, 0) is 35.6 Å². The zero-order valence-electron chi connectivity index (χ0n) is 17.1. The number of esters is 1. The highest BCUT2D eigenvalue weighted by atomic mass is 32.1. The van der Waals surface area contributed by atoms with Crippen LogP contribution in [0.1, 0.15) is 47.8 Å². The molecule has 0 aliphatic rings. The summed E-state index contributed by atoms with van der Waals surface area (Å²) in [5.41, 5.74) is 3.19. The highest BCUT2D eigenvalue weighted by molar-refractivity contribution is 7.13. The molecule has 0 spiro atoms. The van der Waals surface area contributed by atoms with Gasteiger partial charge in [-0.2, -0.15) is 0 Å². The maximum absolute atomic E-state index is 12.2. The SMILES string of the molecule is CC[C@@H](C)c1ccc(NC(=O)COC(=O)c2csc(NCc3ccccc3)n2)cc1. The molecule has 0 saturated carbocycles. The van der Waals surface area contributed by atoms with Crippen LogP contribution in [0.15, 0.2) is 60.0 Å². The van der Waals surface area contributed by atoms with E-state index in [-0.39, 0.29) is 12.3 Å². The first kappa shape index (κ1) is 21.5. The standard InChI is InChI=1S/C23H25N3O3S/c1-3-16(2)18-9-11-19(12-10-18)25-21(27)14-29-22(28)20-15-30-23(26-20)24-13-17-7-5-4-6-8-17/h4-12,15-16H,3,13-14H2,1-2H3,(H,24,26)(H,25,27)/t16-/m1/s1. The number of hydrogen-bond donors (Lipinski definition) is 2. The maximum atomic E-state index is 12.2. The Kier molecular flexibility index (Phi) is 7.57. The number of aromatic nitrogens is 1. The highest BCUT2D eigenvalue weighted by Crippen LogP contribution is 2.20. The van der Waals surface area contributed by atoms with Crippen molar-refractivity contribution in [1.29, 1.82) is 0 Å². The van der Waals surface area contributed by atoms with Crippen molar-refractivity contribution in [2.45, 2.75) is 32.7 Å². The minimum Gasteiger partial charge on any atom is -0.451 e. The second-order valence-corrected chi connectivity index (χ2v) is 7.79. The van der Waals surface area contributed by atoms with Gasteiger partial charge in [0, 0.05) is 17.6 Å². The first-order valence-corrected chi connectivity index (χ1v) is 10.7. The molecule has 3 aromatic rings. The topological polar surface area (TPSA) is 80.3 Å². The maximum Gasteiger partial charge on any atom is 0.358 e. The quantitative estimate of drug-likeness (QED) is 0.470. The van der Waals surface area contributed by atoms with E-state index in [0.29, 0.717) is 23.3 Å². The fraction of sp³-hybridized carbons (Fsp3) is 0.261. The summed E-state index contributed by atoms with van der Waals surface area (Å²) >= 11 is 1.32. The molecule has 0 radical (unpaired) electrons. The lowest BCUT2D eigenvalue weighted by Crippen LogP contribution is -2.21. The molecule has 1 heterocycles. The van der Waals surface area contributed by atoms with Gasteiger partial charge in [0.2, 0.25) is 0 Å². The van der Waals surface area contributed by atoms with Crippen molar-refractivity contribution in [2.24, 2.45) is 0 Å². The van der Waals surface area contributed by atoms with Crippen LogP contribution >= 0.6 is 11.3 Å². The smallest absolute Gasteiger partial charge is 0.358 e. The van der Waals surface area contributed by atoms with Crippen LogP contribution in [0.3, 0.4) is 0 Å². The van der Waals surface area contributed by atoms with Crippen LogP contribution in [0.25, 0.3) is 0 Å². The van der Waals surface area contributed by atoms with Crippen molar-refractivity contribution in [3.8, 4) is 0 Å². The van der Waals surface area contributed by atoms with Crippen molar-refractivity contribution in [1.82, 2.24) is 4.98 Å². The van der Waals surface area contributed by atoms with E-state index in [4.69, 9.17) is 4.74 Å². The molecule has 156 valence electrons. The monoisotopic (exact) mass is 423 g/mol. The van der Waals surface area contributed by atoms with E-state index in [1.165, 1.54) is 16.9 Å². The Morgan fingerprint density at radius 1 is 1.10 bits per heavy atom. The van der Waals surface area contributed by atoms with E-state index in [1.807, 2.05) is 54.6 Å². The predicted octanol–water partition coefficient (Wildman–Crippen LogP) is 5.06. The molecule has 1 aromatic heterocycles. The summed E-state index contributed by atoms with van der Waals surface area (Å²) < 4.78 is 5.08. The van der Waals surface area contributed by atoms with Gasteiger partial charge in [0.1, 0.15) is 0 Å². The summed E-state index contributed by atoms with van der Waals surface area (Å²) in [6.07, 6.45) is 1.06. The first-order valence-electron chi connectivity index (χ1n) is 9.85. The van der Waals surface area contributed by atoms with Crippen molar-refractivity contribution in [3.05, 3.63) is 76.8 Å². The second-order valence-electron chi connectivity index (χ2n) is 6.93. The average molecular weight is 424 g/mol. The number of hydrogen-bond acceptors (Lipinski definition) is 6. The highest BCUT2D eigenvalue weighted by Gasteiger charge is 2.14. The van der Waals surface area contributed by atoms with E-state index >= 15 is 0 Å². The zero-order valence-corrected chi connectivity index (χ0v) is 17.9. The molecule has 0 fully saturated rings. The molecule has 2 aromatic carbocycles. The molecule has 0 unspecified atom stereocenters. The van der Waals surface area contributed by atoms with Crippen molar-refractivity contribution >= 4 is 34.0 Å². The minimum absolute atomic E-state index is 0.182. The van der Waals surface area contributed by atoms with Crippen molar-refractivity contribution < 1.29 is 14.3 Å². The van der Waals surface area contributed by atoms with Crippen LogP contribution < -0.4 is 10.6 Å². The van der Waals surface area contributed by atoms with E-state index in [2.05, 4.69) is 29.5 Å². The molecule has 3 rings (SSSR count). The number of thiazole rings is 1. The van der Waals surface area contributed by atoms with Gasteiger partial charge in [0.25, 0.3) is 5.91 Å². The molecule has 2 N–H and O–H groups in total. The van der Waals surface area contributed by atoms with Gasteiger partial charge < -0.3 is 15.4 Å². The summed E-state index contributed by atoms with van der Waals surface area (Å²) in [7, 11) is 0. The summed E-state index contributed by atoms with van der Waals surface area (Å²) in [6, 6.07) is 17.6. The molecule has 1 amide bonds. The number of nitrogens with zero attached hydrogens (tertiary/aromatic N) is 1. The lowest BCUT2D eigenvalue weighted by molar-refractivity contribution is -0.119. The first-order chi connectivity index (χ1) is 14.5. The number of anilines is 2. The third-order valence-electron chi connectivity index (χ3n) is 4.71. The fourth-order valence-corrected chi connectivity index (χ4v) is 3.43. The number of carbonyl (C=O) groups is 2. The van der Waals surface area contributed by atoms with E-state index in [1.54, 1.807) is 5.38 Å². The van der Waals surface area contributed by atoms with Crippen LogP contribution in [0.5, 0.6) is 0 Å². The molecule has 30 heavy (non-hydrogen) atoms. The Balaban J connectivity index is 1.44. The number of benzene rings is 2. The molecular formula is C23H25N3O3S. The van der Waals surface area contributed by atoms with E-state index < -0.39 is 11.9 Å². The largest absolute Gasteiger partial charge is 0.451 e. The van der Waals surface area contributed by atoms with Crippen LogP contribution in [-0.4, -0.2) is 23.5 Å². The van der Waals surface area contributed by atoms with Gasteiger partial charge in [-0.15, -0.1) is 11.3 Å². The molecule has 0 aliphatic carbocycles. The van der Waals surface area contributed by atoms with Gasteiger partial charge in [-0.25, -0.2) is 9.78 Å². The van der Waals surface area contributed by atoms with E-state index in [9.17, 15) is 9.59 Å². The van der Waals surface area contributed by atoms with Crippen LogP contribution in [-0.2, 0) is 16.1 Å². The molecule has 0 saturated heterocycles. The average Bonchev–Trinajstić information content (AvgIpc) is 3.26. The zero-order chi connectivity index (χ0) is 21.3. The molecule has 6 nitrogen and oxygen atoms in total. The summed E-state index contributed by atoms with van der Waals surface area (Å²) in [5, 5.41) is 8.14. The molecule has 0 bridgehead atoms. The van der Waals surface area contributed by atoms with Gasteiger partial charge in [-0.3, -0.25) is 4.79 Å². The van der Waals surface area contributed by atoms with Gasteiger partial charge in [0.15, 0.2) is 17.4 Å². The molecular weight excluding hydrogens is 398 g/mol. The number of carbonyl (C=O) groups excluding carboxylic acids is 2.